The Morgan fingerprint density at radius 1 is 1.00 bits per heavy atom. The van der Waals surface area contributed by atoms with E-state index in [1.165, 1.54) is 0 Å². The van der Waals surface area contributed by atoms with Crippen molar-refractivity contribution in [2.75, 3.05) is 61.6 Å². The molecule has 0 saturated carbocycles. The van der Waals surface area contributed by atoms with Gasteiger partial charge < -0.3 is 24.0 Å². The molecular weight excluding hydrogens is 374 g/mol. The van der Waals surface area contributed by atoms with E-state index < -0.39 is 0 Å². The zero-order chi connectivity index (χ0) is 21.6. The van der Waals surface area contributed by atoms with Crippen molar-refractivity contribution in [3.8, 4) is 17.2 Å². The number of benzene rings is 1. The Bertz CT molecular complexity index is 730. The van der Waals surface area contributed by atoms with E-state index in [4.69, 9.17) is 14.2 Å². The van der Waals surface area contributed by atoms with E-state index in [0.717, 1.165) is 5.56 Å². The fraction of sp³-hybridized carbons (Fsp3) is 0.524. The monoisotopic (exact) mass is 405 g/mol. The molecule has 0 spiro atoms. The predicted octanol–water partition coefficient (Wildman–Crippen LogP) is 1.35. The van der Waals surface area contributed by atoms with Crippen LogP contribution in [0.2, 0.25) is 0 Å². The Hall–Kier alpha value is -2.74. The van der Waals surface area contributed by atoms with E-state index in [2.05, 4.69) is 4.90 Å². The lowest BCUT2D eigenvalue weighted by Crippen LogP contribution is -2.54. The lowest BCUT2D eigenvalue weighted by molar-refractivity contribution is -0.135. The van der Waals surface area contributed by atoms with Crippen molar-refractivity contribution in [2.45, 2.75) is 13.0 Å². The van der Waals surface area contributed by atoms with E-state index in [0.29, 0.717) is 43.4 Å². The van der Waals surface area contributed by atoms with Gasteiger partial charge in [-0.3, -0.25) is 14.5 Å². The van der Waals surface area contributed by atoms with Gasteiger partial charge in [-0.1, -0.05) is 0 Å². The van der Waals surface area contributed by atoms with E-state index in [9.17, 15) is 9.59 Å². The molecule has 0 aliphatic carbocycles. The largest absolute Gasteiger partial charge is 0.493 e. The molecule has 0 radical (unpaired) electrons. The number of amides is 2. The SMILES string of the molecule is COc1cc(/C=C/C(=O)N2CCN(C(C)C(=O)N(C)C)CC2)cc(OC)c1OC. The maximum atomic E-state index is 12.6. The van der Waals surface area contributed by atoms with E-state index >= 15 is 0 Å². The molecule has 8 nitrogen and oxygen atoms in total. The second-order valence-electron chi connectivity index (χ2n) is 7.06. The van der Waals surface area contributed by atoms with Crippen molar-refractivity contribution in [2.24, 2.45) is 0 Å². The standard InChI is InChI=1S/C21H31N3O5/c1-15(21(26)22(2)3)23-9-11-24(12-10-23)19(25)8-7-16-13-17(27-4)20(29-6)18(14-16)28-5/h7-8,13-15H,9-12H2,1-6H3/b8-7+. The molecule has 1 fully saturated rings. The summed E-state index contributed by atoms with van der Waals surface area (Å²) >= 11 is 0. The molecule has 2 amide bonds. The van der Waals surface area contributed by atoms with Gasteiger partial charge in [0.2, 0.25) is 17.6 Å². The molecule has 0 N–H and O–H groups in total. The lowest BCUT2D eigenvalue weighted by atomic mass is 10.1. The number of hydrogen-bond acceptors (Lipinski definition) is 6. The van der Waals surface area contributed by atoms with Crippen molar-refractivity contribution in [1.82, 2.24) is 14.7 Å². The third kappa shape index (κ3) is 5.41. The van der Waals surface area contributed by atoms with Crippen LogP contribution in [0.5, 0.6) is 17.2 Å². The maximum Gasteiger partial charge on any atom is 0.246 e. The van der Waals surface area contributed by atoms with Crippen LogP contribution in [0.3, 0.4) is 0 Å². The number of carbonyl (C=O) groups is 2. The second kappa shape index (κ2) is 10.2. The van der Waals surface area contributed by atoms with Crippen molar-refractivity contribution in [3.05, 3.63) is 23.8 Å². The summed E-state index contributed by atoms with van der Waals surface area (Å²) in [5.41, 5.74) is 0.775. The van der Waals surface area contributed by atoms with Crippen LogP contribution in [0.15, 0.2) is 18.2 Å². The minimum atomic E-state index is -0.183. The van der Waals surface area contributed by atoms with Gasteiger partial charge in [-0.05, 0) is 30.7 Å². The summed E-state index contributed by atoms with van der Waals surface area (Å²) in [5, 5.41) is 0. The molecule has 1 aliphatic heterocycles. The molecule has 1 aromatic rings. The van der Waals surface area contributed by atoms with E-state index in [1.807, 2.05) is 6.92 Å². The zero-order valence-electron chi connectivity index (χ0n) is 18.1. The lowest BCUT2D eigenvalue weighted by Gasteiger charge is -2.37. The molecule has 0 aromatic heterocycles. The Kier molecular flexibility index (Phi) is 7.90. The van der Waals surface area contributed by atoms with Crippen molar-refractivity contribution >= 4 is 17.9 Å². The summed E-state index contributed by atoms with van der Waals surface area (Å²) in [6.45, 7) is 4.42. The highest BCUT2D eigenvalue weighted by Crippen LogP contribution is 2.38. The summed E-state index contributed by atoms with van der Waals surface area (Å²) in [4.78, 5) is 30.2. The quantitative estimate of drug-likeness (QED) is 0.638. The van der Waals surface area contributed by atoms with Crippen LogP contribution in [0.4, 0.5) is 0 Å². The number of rotatable bonds is 7. The molecular formula is C21H31N3O5. The number of nitrogens with zero attached hydrogens (tertiary/aromatic N) is 3. The summed E-state index contributed by atoms with van der Waals surface area (Å²) in [6.07, 6.45) is 3.28. The molecule has 8 heteroatoms. The topological polar surface area (TPSA) is 71.6 Å². The van der Waals surface area contributed by atoms with Crippen LogP contribution in [-0.4, -0.2) is 94.2 Å². The van der Waals surface area contributed by atoms with Gasteiger partial charge in [0.1, 0.15) is 0 Å². The molecule has 2 rings (SSSR count). The van der Waals surface area contributed by atoms with Gasteiger partial charge in [-0.25, -0.2) is 0 Å². The van der Waals surface area contributed by atoms with Crippen LogP contribution in [0, 0.1) is 0 Å². The van der Waals surface area contributed by atoms with Crippen molar-refractivity contribution in [1.29, 1.82) is 0 Å². The predicted molar refractivity (Wildman–Crippen MR) is 111 cm³/mol. The summed E-state index contributed by atoms with van der Waals surface area (Å²) in [5.74, 6) is 1.59. The third-order valence-electron chi connectivity index (χ3n) is 5.08. The molecule has 1 aromatic carbocycles. The van der Waals surface area contributed by atoms with Crippen LogP contribution in [-0.2, 0) is 9.59 Å². The number of carbonyl (C=O) groups excluding carboxylic acids is 2. The smallest absolute Gasteiger partial charge is 0.246 e. The molecule has 1 saturated heterocycles. The first-order valence-corrected chi connectivity index (χ1v) is 9.54. The first kappa shape index (κ1) is 22.5. The number of likely N-dealkylation sites (N-methyl/N-ethyl adjacent to an activating group) is 1. The third-order valence-corrected chi connectivity index (χ3v) is 5.08. The number of methoxy groups -OCH3 is 3. The molecule has 29 heavy (non-hydrogen) atoms. The maximum absolute atomic E-state index is 12.6. The highest BCUT2D eigenvalue weighted by atomic mass is 16.5. The highest BCUT2D eigenvalue weighted by molar-refractivity contribution is 5.92. The molecule has 0 bridgehead atoms. The fourth-order valence-electron chi connectivity index (χ4n) is 3.33. The first-order chi connectivity index (χ1) is 13.8. The Balaban J connectivity index is 2.01. The van der Waals surface area contributed by atoms with Gasteiger partial charge in [-0.15, -0.1) is 0 Å². The highest BCUT2D eigenvalue weighted by Gasteiger charge is 2.27. The van der Waals surface area contributed by atoms with Crippen molar-refractivity contribution in [3.63, 3.8) is 0 Å². The van der Waals surface area contributed by atoms with Gasteiger partial charge in [0, 0.05) is 46.4 Å². The van der Waals surface area contributed by atoms with Crippen LogP contribution < -0.4 is 14.2 Å². The zero-order valence-corrected chi connectivity index (χ0v) is 18.1. The van der Waals surface area contributed by atoms with Gasteiger partial charge in [-0.2, -0.15) is 0 Å². The van der Waals surface area contributed by atoms with Crippen LogP contribution >= 0.6 is 0 Å². The number of ether oxygens (including phenoxy) is 3. The van der Waals surface area contributed by atoms with Gasteiger partial charge in [0.25, 0.3) is 0 Å². The summed E-state index contributed by atoms with van der Waals surface area (Å²) in [6, 6.07) is 3.40. The fourth-order valence-corrected chi connectivity index (χ4v) is 3.33. The first-order valence-electron chi connectivity index (χ1n) is 9.54. The number of piperazine rings is 1. The average molecular weight is 405 g/mol. The molecule has 1 aliphatic rings. The summed E-state index contributed by atoms with van der Waals surface area (Å²) in [7, 11) is 8.17. The average Bonchev–Trinajstić information content (AvgIpc) is 2.75. The minimum Gasteiger partial charge on any atom is -0.493 e. The molecule has 1 unspecified atom stereocenters. The Labute approximate surface area is 172 Å². The van der Waals surface area contributed by atoms with Gasteiger partial charge in [0.05, 0.1) is 27.4 Å². The normalized spacial score (nSPS) is 15.9. The van der Waals surface area contributed by atoms with E-state index in [1.54, 1.807) is 69.5 Å². The van der Waals surface area contributed by atoms with Crippen LogP contribution in [0.25, 0.3) is 6.08 Å². The number of hydrogen-bond donors (Lipinski definition) is 0. The van der Waals surface area contributed by atoms with Gasteiger partial charge in [0.15, 0.2) is 11.5 Å². The molecule has 1 heterocycles. The Morgan fingerprint density at radius 3 is 2.00 bits per heavy atom. The minimum absolute atomic E-state index is 0.0648. The van der Waals surface area contributed by atoms with Crippen LogP contribution in [0.1, 0.15) is 12.5 Å². The second-order valence-corrected chi connectivity index (χ2v) is 7.06. The Morgan fingerprint density at radius 2 is 1.55 bits per heavy atom. The van der Waals surface area contributed by atoms with E-state index in [-0.39, 0.29) is 17.9 Å². The summed E-state index contributed by atoms with van der Waals surface area (Å²) < 4.78 is 16.0. The molecule has 1 atom stereocenters. The molecule has 160 valence electrons. The van der Waals surface area contributed by atoms with Gasteiger partial charge >= 0.3 is 0 Å². The van der Waals surface area contributed by atoms with Crippen molar-refractivity contribution < 1.29 is 23.8 Å².